The fourth-order valence-corrected chi connectivity index (χ4v) is 3.62. The van der Waals surface area contributed by atoms with Crippen LogP contribution in [-0.2, 0) is 11.4 Å². The SMILES string of the molecule is CCOc1cc(C=C2N=C(c3ccccc3)NC2=O)cc(Cl)c1OCc1cccc([N+](=O)[O-])c1. The monoisotopic (exact) mass is 477 g/mol. The number of carbonyl (C=O) groups excluding carboxylic acids is 1. The van der Waals surface area contributed by atoms with Crippen molar-refractivity contribution >= 4 is 35.1 Å². The number of carbonyl (C=O) groups is 1. The molecule has 0 fully saturated rings. The van der Waals surface area contributed by atoms with Gasteiger partial charge in [-0.15, -0.1) is 0 Å². The molecule has 9 heteroatoms. The van der Waals surface area contributed by atoms with Crippen LogP contribution in [0.25, 0.3) is 6.08 Å². The number of hydrogen-bond donors (Lipinski definition) is 1. The molecular weight excluding hydrogens is 458 g/mol. The summed E-state index contributed by atoms with van der Waals surface area (Å²) in [5, 5.41) is 14.0. The highest BCUT2D eigenvalue weighted by molar-refractivity contribution is 6.32. The Balaban J connectivity index is 1.60. The molecule has 0 bridgehead atoms. The second kappa shape index (κ2) is 10.2. The van der Waals surface area contributed by atoms with E-state index in [1.165, 1.54) is 12.1 Å². The smallest absolute Gasteiger partial charge is 0.275 e. The summed E-state index contributed by atoms with van der Waals surface area (Å²) in [6.07, 6.45) is 1.62. The van der Waals surface area contributed by atoms with Gasteiger partial charge in [0.2, 0.25) is 0 Å². The first-order chi connectivity index (χ1) is 16.4. The van der Waals surface area contributed by atoms with Crippen molar-refractivity contribution in [2.45, 2.75) is 13.5 Å². The van der Waals surface area contributed by atoms with Gasteiger partial charge in [-0.05, 0) is 36.3 Å². The highest BCUT2D eigenvalue weighted by Crippen LogP contribution is 2.38. The van der Waals surface area contributed by atoms with E-state index in [9.17, 15) is 14.9 Å². The molecule has 0 atom stereocenters. The minimum atomic E-state index is -0.463. The van der Waals surface area contributed by atoms with Crippen molar-refractivity contribution in [1.29, 1.82) is 0 Å². The number of benzene rings is 3. The Morgan fingerprint density at radius 1 is 1.09 bits per heavy atom. The number of halogens is 1. The first kappa shape index (κ1) is 23.0. The molecule has 34 heavy (non-hydrogen) atoms. The lowest BCUT2D eigenvalue weighted by Gasteiger charge is -2.14. The molecule has 3 aromatic carbocycles. The van der Waals surface area contributed by atoms with Crippen LogP contribution in [0.1, 0.15) is 23.6 Å². The van der Waals surface area contributed by atoms with Crippen LogP contribution < -0.4 is 14.8 Å². The molecule has 0 radical (unpaired) electrons. The molecule has 1 aliphatic rings. The Hall–Kier alpha value is -4.17. The minimum Gasteiger partial charge on any atom is -0.490 e. The van der Waals surface area contributed by atoms with Gasteiger partial charge in [0, 0.05) is 17.7 Å². The van der Waals surface area contributed by atoms with Crippen molar-refractivity contribution in [2.24, 2.45) is 4.99 Å². The summed E-state index contributed by atoms with van der Waals surface area (Å²) in [6.45, 7) is 2.25. The van der Waals surface area contributed by atoms with E-state index in [0.29, 0.717) is 35.1 Å². The van der Waals surface area contributed by atoms with E-state index in [1.807, 2.05) is 37.3 Å². The Kier molecular flexibility index (Phi) is 6.89. The highest BCUT2D eigenvalue weighted by atomic mass is 35.5. The number of hydrogen-bond acceptors (Lipinski definition) is 6. The Bertz CT molecular complexity index is 1310. The van der Waals surface area contributed by atoms with Crippen LogP contribution in [0.15, 0.2) is 77.4 Å². The molecule has 1 amide bonds. The normalized spacial score (nSPS) is 14.0. The Morgan fingerprint density at radius 2 is 1.88 bits per heavy atom. The number of ether oxygens (including phenoxy) is 2. The van der Waals surface area contributed by atoms with Gasteiger partial charge >= 0.3 is 0 Å². The third-order valence-corrected chi connectivity index (χ3v) is 5.16. The Morgan fingerprint density at radius 3 is 2.62 bits per heavy atom. The van der Waals surface area contributed by atoms with E-state index in [1.54, 1.807) is 30.3 Å². The average Bonchev–Trinajstić information content (AvgIpc) is 3.19. The first-order valence-electron chi connectivity index (χ1n) is 10.4. The van der Waals surface area contributed by atoms with E-state index in [2.05, 4.69) is 10.3 Å². The predicted octanol–water partition coefficient (Wildman–Crippen LogP) is 5.14. The zero-order valence-corrected chi connectivity index (χ0v) is 18.9. The number of nitrogens with zero attached hydrogens (tertiary/aromatic N) is 2. The largest absolute Gasteiger partial charge is 0.490 e. The second-order valence-electron chi connectivity index (χ2n) is 7.29. The number of amides is 1. The summed E-state index contributed by atoms with van der Waals surface area (Å²) in [6, 6.07) is 18.9. The zero-order chi connectivity index (χ0) is 24.1. The molecule has 3 aromatic rings. The minimum absolute atomic E-state index is 0.0236. The maximum absolute atomic E-state index is 12.4. The number of aliphatic imine (C=N–C) groups is 1. The molecule has 1 N–H and O–H groups in total. The number of nitrogens with one attached hydrogen (secondary N) is 1. The summed E-state index contributed by atoms with van der Waals surface area (Å²) in [5.41, 5.74) is 2.24. The van der Waals surface area contributed by atoms with Gasteiger partial charge in [-0.2, -0.15) is 0 Å². The molecular formula is C25H20ClN3O5. The molecule has 0 spiro atoms. The van der Waals surface area contributed by atoms with Gasteiger partial charge in [-0.1, -0.05) is 54.1 Å². The van der Waals surface area contributed by atoms with Crippen LogP contribution in [0.2, 0.25) is 5.02 Å². The lowest BCUT2D eigenvalue weighted by Crippen LogP contribution is -2.24. The van der Waals surface area contributed by atoms with E-state index in [4.69, 9.17) is 21.1 Å². The first-order valence-corrected chi connectivity index (χ1v) is 10.8. The van der Waals surface area contributed by atoms with Gasteiger partial charge in [0.15, 0.2) is 11.5 Å². The van der Waals surface area contributed by atoms with Gasteiger partial charge in [0.25, 0.3) is 11.6 Å². The summed E-state index contributed by atoms with van der Waals surface area (Å²) >= 11 is 6.49. The number of non-ortho nitro benzene ring substituents is 1. The van der Waals surface area contributed by atoms with Crippen LogP contribution in [-0.4, -0.2) is 23.3 Å². The summed E-state index contributed by atoms with van der Waals surface area (Å²) in [7, 11) is 0. The van der Waals surface area contributed by atoms with Gasteiger partial charge in [0.05, 0.1) is 16.6 Å². The average molecular weight is 478 g/mol. The maximum atomic E-state index is 12.4. The molecule has 0 saturated heterocycles. The van der Waals surface area contributed by atoms with Crippen molar-refractivity contribution in [1.82, 2.24) is 5.32 Å². The fraction of sp³-hybridized carbons (Fsp3) is 0.120. The van der Waals surface area contributed by atoms with E-state index >= 15 is 0 Å². The quantitative estimate of drug-likeness (QED) is 0.275. The van der Waals surface area contributed by atoms with Crippen LogP contribution in [0, 0.1) is 10.1 Å². The lowest BCUT2D eigenvalue weighted by atomic mass is 10.1. The van der Waals surface area contributed by atoms with Gasteiger partial charge in [-0.3, -0.25) is 14.9 Å². The van der Waals surface area contributed by atoms with Crippen LogP contribution >= 0.6 is 11.6 Å². The Labute approximate surface area is 200 Å². The molecule has 0 unspecified atom stereocenters. The second-order valence-corrected chi connectivity index (χ2v) is 7.70. The predicted molar refractivity (Wildman–Crippen MR) is 129 cm³/mol. The zero-order valence-electron chi connectivity index (χ0n) is 18.2. The van der Waals surface area contributed by atoms with Gasteiger partial charge in [-0.25, -0.2) is 4.99 Å². The van der Waals surface area contributed by atoms with Crippen LogP contribution in [0.4, 0.5) is 5.69 Å². The molecule has 0 aliphatic carbocycles. The molecule has 8 nitrogen and oxygen atoms in total. The van der Waals surface area contributed by atoms with Crippen molar-refractivity contribution in [2.75, 3.05) is 6.61 Å². The fourth-order valence-electron chi connectivity index (χ4n) is 3.35. The highest BCUT2D eigenvalue weighted by Gasteiger charge is 2.22. The van der Waals surface area contributed by atoms with Crippen molar-refractivity contribution < 1.29 is 19.2 Å². The molecule has 1 heterocycles. The summed E-state index contributed by atoms with van der Waals surface area (Å²) in [5.74, 6) is 0.850. The van der Waals surface area contributed by atoms with E-state index < -0.39 is 4.92 Å². The number of rotatable bonds is 8. The van der Waals surface area contributed by atoms with Crippen molar-refractivity contribution in [3.8, 4) is 11.5 Å². The van der Waals surface area contributed by atoms with Gasteiger partial charge in [0.1, 0.15) is 18.1 Å². The van der Waals surface area contributed by atoms with Crippen molar-refractivity contribution in [3.05, 3.63) is 104 Å². The third kappa shape index (κ3) is 5.24. The van der Waals surface area contributed by atoms with Crippen LogP contribution in [0.3, 0.4) is 0 Å². The topological polar surface area (TPSA) is 103 Å². The number of amidine groups is 1. The standard InChI is InChI=1S/C25H20ClN3O5/c1-2-33-22-14-17(13-21-25(30)28-24(27-21)18-8-4-3-5-9-18)12-20(26)23(22)34-15-16-7-6-10-19(11-16)29(31)32/h3-14H,2,15H2,1H3,(H,27,28,30). The van der Waals surface area contributed by atoms with E-state index in [-0.39, 0.29) is 28.9 Å². The van der Waals surface area contributed by atoms with Crippen LogP contribution in [0.5, 0.6) is 11.5 Å². The third-order valence-electron chi connectivity index (χ3n) is 4.88. The number of nitro groups is 1. The molecule has 172 valence electrons. The maximum Gasteiger partial charge on any atom is 0.275 e. The van der Waals surface area contributed by atoms with E-state index in [0.717, 1.165) is 5.56 Å². The lowest BCUT2D eigenvalue weighted by molar-refractivity contribution is -0.384. The summed E-state index contributed by atoms with van der Waals surface area (Å²) in [4.78, 5) is 27.4. The number of nitro benzene ring substituents is 1. The molecule has 0 saturated carbocycles. The van der Waals surface area contributed by atoms with Gasteiger partial charge < -0.3 is 14.8 Å². The van der Waals surface area contributed by atoms with Crippen molar-refractivity contribution in [3.63, 3.8) is 0 Å². The molecule has 0 aromatic heterocycles. The molecule has 1 aliphatic heterocycles. The summed E-state index contributed by atoms with van der Waals surface area (Å²) < 4.78 is 11.6. The molecule has 4 rings (SSSR count).